The van der Waals surface area contributed by atoms with Gasteiger partial charge < -0.3 is 16.4 Å². The zero-order valence-corrected chi connectivity index (χ0v) is 10.4. The van der Waals surface area contributed by atoms with Crippen LogP contribution in [-0.2, 0) is 11.2 Å². The Morgan fingerprint density at radius 2 is 2.12 bits per heavy atom. The number of benzene rings is 1. The van der Waals surface area contributed by atoms with Crippen molar-refractivity contribution in [1.82, 2.24) is 0 Å². The van der Waals surface area contributed by atoms with Crippen molar-refractivity contribution < 1.29 is 4.79 Å². The largest absolute Gasteiger partial charge is 0.399 e. The summed E-state index contributed by atoms with van der Waals surface area (Å²) in [6.07, 6.45) is 1.22. The number of anilines is 2. The molecule has 1 aliphatic heterocycles. The second kappa shape index (κ2) is 4.04. The molecule has 1 aromatic rings. The standard InChI is InChI=1S/C13H19N3O/c1-13(2,5-6-14)16-11-4-3-10(15)7-9(11)8-12(16)17/h3-4,7H,5-6,8,14-15H2,1-2H3. The first kappa shape index (κ1) is 11.9. The van der Waals surface area contributed by atoms with E-state index in [1.54, 1.807) is 0 Å². The summed E-state index contributed by atoms with van der Waals surface area (Å²) >= 11 is 0. The van der Waals surface area contributed by atoms with Crippen LogP contribution in [0.25, 0.3) is 0 Å². The zero-order valence-electron chi connectivity index (χ0n) is 10.4. The molecule has 0 radical (unpaired) electrons. The molecular formula is C13H19N3O. The van der Waals surface area contributed by atoms with Crippen molar-refractivity contribution in [3.8, 4) is 0 Å². The SMILES string of the molecule is CC(C)(CCN)N1C(=O)Cc2cc(N)ccc21. The van der Waals surface area contributed by atoms with Gasteiger partial charge in [0.1, 0.15) is 0 Å². The molecule has 2 rings (SSSR count). The molecule has 1 amide bonds. The molecule has 0 saturated carbocycles. The van der Waals surface area contributed by atoms with E-state index in [-0.39, 0.29) is 11.4 Å². The van der Waals surface area contributed by atoms with E-state index < -0.39 is 0 Å². The third kappa shape index (κ3) is 2.00. The summed E-state index contributed by atoms with van der Waals surface area (Å²) < 4.78 is 0. The Morgan fingerprint density at radius 3 is 2.76 bits per heavy atom. The maximum atomic E-state index is 12.1. The predicted octanol–water partition coefficient (Wildman–Crippen LogP) is 1.29. The van der Waals surface area contributed by atoms with Crippen molar-refractivity contribution in [1.29, 1.82) is 0 Å². The molecule has 17 heavy (non-hydrogen) atoms. The predicted molar refractivity (Wildman–Crippen MR) is 69.8 cm³/mol. The second-order valence-electron chi connectivity index (χ2n) is 5.15. The van der Waals surface area contributed by atoms with Crippen LogP contribution in [0.2, 0.25) is 0 Å². The Morgan fingerprint density at radius 1 is 1.41 bits per heavy atom. The number of hydrogen-bond donors (Lipinski definition) is 2. The molecule has 4 heteroatoms. The Labute approximate surface area is 102 Å². The Bertz CT molecular complexity index is 454. The number of rotatable bonds is 3. The van der Waals surface area contributed by atoms with Crippen molar-refractivity contribution in [3.63, 3.8) is 0 Å². The van der Waals surface area contributed by atoms with E-state index in [9.17, 15) is 4.79 Å². The van der Waals surface area contributed by atoms with E-state index in [4.69, 9.17) is 11.5 Å². The summed E-state index contributed by atoms with van der Waals surface area (Å²) in [4.78, 5) is 14.0. The second-order valence-corrected chi connectivity index (χ2v) is 5.15. The van der Waals surface area contributed by atoms with Gasteiger partial charge in [0.05, 0.1) is 6.42 Å². The molecule has 0 aliphatic carbocycles. The fourth-order valence-electron chi connectivity index (χ4n) is 2.47. The topological polar surface area (TPSA) is 72.3 Å². The van der Waals surface area contributed by atoms with Crippen molar-refractivity contribution in [2.45, 2.75) is 32.2 Å². The number of amides is 1. The van der Waals surface area contributed by atoms with Crippen molar-refractivity contribution in [2.75, 3.05) is 17.2 Å². The zero-order chi connectivity index (χ0) is 12.6. The molecule has 1 aliphatic rings. The van der Waals surface area contributed by atoms with E-state index in [2.05, 4.69) is 0 Å². The van der Waals surface area contributed by atoms with E-state index in [0.29, 0.717) is 18.7 Å². The molecule has 0 aromatic heterocycles. The minimum absolute atomic E-state index is 0.129. The molecule has 4 nitrogen and oxygen atoms in total. The normalized spacial score (nSPS) is 15.2. The van der Waals surface area contributed by atoms with Gasteiger partial charge in [-0.3, -0.25) is 4.79 Å². The van der Waals surface area contributed by atoms with Crippen LogP contribution in [0, 0.1) is 0 Å². The van der Waals surface area contributed by atoms with Crippen molar-refractivity contribution >= 4 is 17.3 Å². The Hall–Kier alpha value is -1.55. The first-order chi connectivity index (χ1) is 7.95. The smallest absolute Gasteiger partial charge is 0.231 e. The summed E-state index contributed by atoms with van der Waals surface area (Å²) in [5.41, 5.74) is 13.8. The van der Waals surface area contributed by atoms with Gasteiger partial charge in [0.2, 0.25) is 5.91 Å². The van der Waals surface area contributed by atoms with Crippen LogP contribution in [0.1, 0.15) is 25.8 Å². The van der Waals surface area contributed by atoms with E-state index in [1.807, 2.05) is 36.9 Å². The van der Waals surface area contributed by atoms with Crippen LogP contribution >= 0.6 is 0 Å². The van der Waals surface area contributed by atoms with Gasteiger partial charge in [-0.25, -0.2) is 0 Å². The van der Waals surface area contributed by atoms with Gasteiger partial charge in [-0.1, -0.05) is 0 Å². The first-order valence-electron chi connectivity index (χ1n) is 5.87. The summed E-state index contributed by atoms with van der Waals surface area (Å²) in [5.74, 6) is 0.129. The minimum atomic E-state index is -0.243. The van der Waals surface area contributed by atoms with Crippen LogP contribution in [0.5, 0.6) is 0 Å². The summed E-state index contributed by atoms with van der Waals surface area (Å²) in [6, 6.07) is 5.64. The lowest BCUT2D eigenvalue weighted by atomic mass is 9.98. The van der Waals surface area contributed by atoms with Crippen molar-refractivity contribution in [2.24, 2.45) is 5.73 Å². The number of fused-ring (bicyclic) bond motifs is 1. The van der Waals surface area contributed by atoms with Gasteiger partial charge in [-0.15, -0.1) is 0 Å². The first-order valence-corrected chi connectivity index (χ1v) is 5.87. The van der Waals surface area contributed by atoms with Crippen LogP contribution in [-0.4, -0.2) is 18.0 Å². The highest BCUT2D eigenvalue weighted by Gasteiger charge is 2.37. The number of nitrogens with two attached hydrogens (primary N) is 2. The molecule has 0 unspecified atom stereocenters. The molecule has 0 atom stereocenters. The lowest BCUT2D eigenvalue weighted by molar-refractivity contribution is -0.118. The molecule has 0 saturated heterocycles. The highest BCUT2D eigenvalue weighted by molar-refractivity contribution is 6.02. The monoisotopic (exact) mass is 233 g/mol. The molecule has 0 spiro atoms. The maximum Gasteiger partial charge on any atom is 0.231 e. The van der Waals surface area contributed by atoms with E-state index in [1.165, 1.54) is 0 Å². The van der Waals surface area contributed by atoms with Gasteiger partial charge >= 0.3 is 0 Å². The molecule has 92 valence electrons. The quantitative estimate of drug-likeness (QED) is 0.773. The number of nitrogens with zero attached hydrogens (tertiary/aromatic N) is 1. The van der Waals surface area contributed by atoms with Crippen molar-refractivity contribution in [3.05, 3.63) is 23.8 Å². The number of hydrogen-bond acceptors (Lipinski definition) is 3. The third-order valence-electron chi connectivity index (χ3n) is 3.30. The van der Waals surface area contributed by atoms with E-state index >= 15 is 0 Å². The van der Waals surface area contributed by atoms with Gasteiger partial charge in [-0.2, -0.15) is 0 Å². The van der Waals surface area contributed by atoms with Gasteiger partial charge in [0.15, 0.2) is 0 Å². The minimum Gasteiger partial charge on any atom is -0.399 e. The average Bonchev–Trinajstić information content (AvgIpc) is 2.53. The van der Waals surface area contributed by atoms with E-state index in [0.717, 1.165) is 17.7 Å². The number of nitrogen functional groups attached to an aromatic ring is 1. The summed E-state index contributed by atoms with van der Waals surface area (Å²) in [5, 5.41) is 0. The summed E-state index contributed by atoms with van der Waals surface area (Å²) in [7, 11) is 0. The molecule has 0 fully saturated rings. The molecular weight excluding hydrogens is 214 g/mol. The fraction of sp³-hybridized carbons (Fsp3) is 0.462. The number of carbonyl (C=O) groups is 1. The highest BCUT2D eigenvalue weighted by atomic mass is 16.2. The Kier molecular flexibility index (Phi) is 2.83. The third-order valence-corrected chi connectivity index (χ3v) is 3.30. The fourth-order valence-corrected chi connectivity index (χ4v) is 2.47. The Balaban J connectivity index is 2.41. The lowest BCUT2D eigenvalue weighted by Crippen LogP contribution is -2.47. The molecule has 4 N–H and O–H groups in total. The average molecular weight is 233 g/mol. The van der Waals surface area contributed by atoms with Gasteiger partial charge in [0, 0.05) is 16.9 Å². The van der Waals surface area contributed by atoms with Crippen LogP contribution in [0.3, 0.4) is 0 Å². The van der Waals surface area contributed by atoms with Crippen LogP contribution in [0.4, 0.5) is 11.4 Å². The summed E-state index contributed by atoms with van der Waals surface area (Å²) in [6.45, 7) is 4.66. The molecule has 1 heterocycles. The van der Waals surface area contributed by atoms with Gasteiger partial charge in [0.25, 0.3) is 0 Å². The molecule has 0 bridgehead atoms. The highest BCUT2D eigenvalue weighted by Crippen LogP contribution is 2.36. The lowest BCUT2D eigenvalue weighted by Gasteiger charge is -2.36. The van der Waals surface area contributed by atoms with Gasteiger partial charge in [-0.05, 0) is 50.6 Å². The number of carbonyl (C=O) groups excluding carboxylic acids is 1. The van der Waals surface area contributed by atoms with Crippen LogP contribution < -0.4 is 16.4 Å². The molecule has 1 aromatic carbocycles. The maximum absolute atomic E-state index is 12.1. The van der Waals surface area contributed by atoms with Crippen LogP contribution in [0.15, 0.2) is 18.2 Å².